The number of nitrogens with zero attached hydrogens (tertiary/aromatic N) is 5. The molecule has 3 rings (SSSR count). The van der Waals surface area contributed by atoms with E-state index in [0.29, 0.717) is 16.5 Å². The summed E-state index contributed by atoms with van der Waals surface area (Å²) in [4.78, 5) is 38.7. The fourth-order valence-electron chi connectivity index (χ4n) is 2.70. The van der Waals surface area contributed by atoms with Gasteiger partial charge in [-0.05, 0) is 30.0 Å². The number of amides is 2. The molecule has 0 saturated carbocycles. The van der Waals surface area contributed by atoms with E-state index in [0.717, 1.165) is 0 Å². The van der Waals surface area contributed by atoms with Gasteiger partial charge in [0.15, 0.2) is 10.8 Å². The zero-order valence-corrected chi connectivity index (χ0v) is 18.8. The summed E-state index contributed by atoms with van der Waals surface area (Å²) in [6.07, 6.45) is 0. The third kappa shape index (κ3) is 5.56. The smallest absolute Gasteiger partial charge is 0.408 e. The van der Waals surface area contributed by atoms with Gasteiger partial charge >= 0.3 is 17.6 Å². The quantitative estimate of drug-likeness (QED) is 0.255. The van der Waals surface area contributed by atoms with Gasteiger partial charge in [-0.25, -0.2) is 0 Å². The Morgan fingerprint density at radius 3 is 2.58 bits per heavy atom. The molecule has 0 aliphatic rings. The summed E-state index contributed by atoms with van der Waals surface area (Å²) in [6, 6.07) is 4.64. The van der Waals surface area contributed by atoms with Crippen LogP contribution in [0.15, 0.2) is 22.7 Å². The van der Waals surface area contributed by atoms with Crippen molar-refractivity contribution in [2.24, 2.45) is 0 Å². The molecule has 0 saturated heterocycles. The summed E-state index contributed by atoms with van der Waals surface area (Å²) >= 11 is 11.8. The topological polar surface area (TPSA) is 167 Å². The van der Waals surface area contributed by atoms with Gasteiger partial charge in [0.2, 0.25) is 0 Å². The lowest BCUT2D eigenvalue weighted by molar-refractivity contribution is -0.389. The van der Waals surface area contributed by atoms with Gasteiger partial charge in [0.1, 0.15) is 12.3 Å². The van der Waals surface area contributed by atoms with E-state index in [1.807, 2.05) is 0 Å². The van der Waals surface area contributed by atoms with Crippen molar-refractivity contribution in [3.63, 3.8) is 0 Å². The van der Waals surface area contributed by atoms with Gasteiger partial charge in [0.25, 0.3) is 5.91 Å². The SMILES string of the molecule is COc1ccc(Cl)cc1C(=O)NCCNC(=O)c1nc(Cn2nc([N+](=O)[O-])c(Cl)c2C)no1. The lowest BCUT2D eigenvalue weighted by Gasteiger charge is -2.09. The number of methoxy groups -OCH3 is 1. The Morgan fingerprint density at radius 2 is 1.94 bits per heavy atom. The minimum atomic E-state index is -0.706. The van der Waals surface area contributed by atoms with Crippen LogP contribution in [0.3, 0.4) is 0 Å². The first-order valence-corrected chi connectivity index (χ1v) is 10.1. The largest absolute Gasteiger partial charge is 0.496 e. The second kappa shape index (κ2) is 10.3. The molecular weight excluding hydrogens is 481 g/mol. The van der Waals surface area contributed by atoms with Crippen molar-refractivity contribution in [1.29, 1.82) is 0 Å². The number of rotatable bonds is 9. The summed E-state index contributed by atoms with van der Waals surface area (Å²) in [5.41, 5.74) is 0.596. The van der Waals surface area contributed by atoms with Crippen LogP contribution in [0.4, 0.5) is 5.82 Å². The average molecular weight is 498 g/mol. The zero-order valence-electron chi connectivity index (χ0n) is 17.3. The van der Waals surface area contributed by atoms with E-state index in [2.05, 4.69) is 25.9 Å². The molecule has 2 amide bonds. The molecule has 0 aliphatic heterocycles. The Bertz CT molecular complexity index is 1210. The van der Waals surface area contributed by atoms with Gasteiger partial charge in [-0.15, -0.1) is 0 Å². The summed E-state index contributed by atoms with van der Waals surface area (Å²) < 4.78 is 11.3. The van der Waals surface area contributed by atoms with Crippen LogP contribution in [0.25, 0.3) is 0 Å². The molecule has 13 nitrogen and oxygen atoms in total. The number of carbonyl (C=O) groups is 2. The predicted octanol–water partition coefficient (Wildman–Crippen LogP) is 2.01. The number of hydrogen-bond acceptors (Lipinski definition) is 9. The van der Waals surface area contributed by atoms with E-state index in [4.69, 9.17) is 32.5 Å². The van der Waals surface area contributed by atoms with E-state index in [9.17, 15) is 19.7 Å². The highest BCUT2D eigenvalue weighted by Gasteiger charge is 2.25. The van der Waals surface area contributed by atoms with Gasteiger partial charge in [0, 0.05) is 18.1 Å². The van der Waals surface area contributed by atoms with Crippen molar-refractivity contribution in [3.05, 3.63) is 61.3 Å². The molecule has 0 atom stereocenters. The van der Waals surface area contributed by atoms with Crippen molar-refractivity contribution < 1.29 is 23.8 Å². The molecule has 15 heteroatoms. The number of nitrogens with one attached hydrogen (secondary N) is 2. The molecule has 0 spiro atoms. The summed E-state index contributed by atoms with van der Waals surface area (Å²) in [5.74, 6) is -1.47. The zero-order chi connectivity index (χ0) is 24.1. The van der Waals surface area contributed by atoms with Crippen LogP contribution in [-0.4, -0.2) is 56.9 Å². The third-order valence-electron chi connectivity index (χ3n) is 4.35. The van der Waals surface area contributed by atoms with Crippen LogP contribution in [0.2, 0.25) is 10.0 Å². The van der Waals surface area contributed by atoms with Gasteiger partial charge in [-0.3, -0.25) is 9.59 Å². The molecule has 0 radical (unpaired) electrons. The van der Waals surface area contributed by atoms with E-state index in [1.54, 1.807) is 19.1 Å². The Balaban J connectivity index is 1.52. The molecule has 174 valence electrons. The minimum Gasteiger partial charge on any atom is -0.496 e. The molecule has 33 heavy (non-hydrogen) atoms. The standard InChI is InChI=1S/C18H17Cl2N7O6/c1-9-14(20)15(27(30)31)24-26(9)8-13-23-18(33-25-13)17(29)22-6-5-21-16(28)11-7-10(19)3-4-12(11)32-2/h3-4,7H,5-6,8H2,1-2H3,(H,21,28)(H,22,29). The van der Waals surface area contributed by atoms with Crippen LogP contribution in [0, 0.1) is 17.0 Å². The minimum absolute atomic E-state index is 0.0682. The molecule has 0 bridgehead atoms. The fraction of sp³-hybridized carbons (Fsp3) is 0.278. The molecular formula is C18H17Cl2N7O6. The number of aromatic nitrogens is 4. The lowest BCUT2D eigenvalue weighted by Crippen LogP contribution is -2.35. The average Bonchev–Trinajstić information content (AvgIpc) is 3.37. The first kappa shape index (κ1) is 23.9. The molecule has 3 aromatic rings. The highest BCUT2D eigenvalue weighted by molar-refractivity contribution is 6.33. The first-order chi connectivity index (χ1) is 15.7. The van der Waals surface area contributed by atoms with Crippen LogP contribution >= 0.6 is 23.2 Å². The van der Waals surface area contributed by atoms with Crippen molar-refractivity contribution in [2.75, 3.05) is 20.2 Å². The summed E-state index contributed by atoms with van der Waals surface area (Å²) in [5, 5.41) is 23.8. The monoisotopic (exact) mass is 497 g/mol. The number of halogens is 2. The maximum atomic E-state index is 12.3. The Labute approximate surface area is 196 Å². The highest BCUT2D eigenvalue weighted by Crippen LogP contribution is 2.26. The molecule has 2 aromatic heterocycles. The van der Waals surface area contributed by atoms with Crippen molar-refractivity contribution >= 4 is 40.8 Å². The third-order valence-corrected chi connectivity index (χ3v) is 5.02. The molecule has 0 fully saturated rings. The maximum absolute atomic E-state index is 12.3. The van der Waals surface area contributed by atoms with Crippen molar-refractivity contribution in [3.8, 4) is 5.75 Å². The number of benzene rings is 1. The Morgan fingerprint density at radius 1 is 1.24 bits per heavy atom. The Hall–Kier alpha value is -3.71. The predicted molar refractivity (Wildman–Crippen MR) is 115 cm³/mol. The Kier molecular flexibility index (Phi) is 7.45. The molecule has 0 aliphatic carbocycles. The van der Waals surface area contributed by atoms with Gasteiger partial charge in [-0.2, -0.15) is 9.67 Å². The fourth-order valence-corrected chi connectivity index (χ4v) is 3.08. The van der Waals surface area contributed by atoms with Crippen molar-refractivity contribution in [2.45, 2.75) is 13.5 Å². The number of ether oxygens (including phenoxy) is 1. The highest BCUT2D eigenvalue weighted by atomic mass is 35.5. The van der Waals surface area contributed by atoms with Crippen molar-refractivity contribution in [1.82, 2.24) is 30.6 Å². The molecule has 1 aromatic carbocycles. The van der Waals surface area contributed by atoms with Crippen LogP contribution in [-0.2, 0) is 6.54 Å². The van der Waals surface area contributed by atoms with Gasteiger partial charge < -0.3 is 30.0 Å². The van der Waals surface area contributed by atoms with Gasteiger partial charge in [-0.1, -0.05) is 28.4 Å². The van der Waals surface area contributed by atoms with Crippen LogP contribution in [0.5, 0.6) is 5.75 Å². The van der Waals surface area contributed by atoms with Crippen LogP contribution in [0.1, 0.15) is 32.6 Å². The normalized spacial score (nSPS) is 10.7. The maximum Gasteiger partial charge on any atom is 0.408 e. The number of carbonyl (C=O) groups excluding carboxylic acids is 2. The van der Waals surface area contributed by atoms with Gasteiger partial charge in [0.05, 0.1) is 23.5 Å². The van der Waals surface area contributed by atoms with E-state index < -0.39 is 22.6 Å². The second-order valence-corrected chi connectivity index (χ2v) is 7.32. The number of nitro groups is 1. The lowest BCUT2D eigenvalue weighted by atomic mass is 10.2. The molecule has 2 heterocycles. The second-order valence-electron chi connectivity index (χ2n) is 6.51. The van der Waals surface area contributed by atoms with E-state index in [-0.39, 0.29) is 41.9 Å². The molecule has 0 unspecified atom stereocenters. The summed E-state index contributed by atoms with van der Waals surface area (Å²) in [6.45, 7) is 1.64. The summed E-state index contributed by atoms with van der Waals surface area (Å²) in [7, 11) is 1.43. The van der Waals surface area contributed by atoms with Crippen LogP contribution < -0.4 is 15.4 Å². The number of hydrogen-bond donors (Lipinski definition) is 2. The van der Waals surface area contributed by atoms with E-state index in [1.165, 1.54) is 17.9 Å². The first-order valence-electron chi connectivity index (χ1n) is 9.31. The molecule has 2 N–H and O–H groups in total. The van der Waals surface area contributed by atoms with E-state index >= 15 is 0 Å².